The Labute approximate surface area is 98.8 Å². The fourth-order valence-electron chi connectivity index (χ4n) is 1.36. The van der Waals surface area contributed by atoms with E-state index in [9.17, 15) is 26.3 Å². The maximum Gasteiger partial charge on any atom is 0.401 e. The number of alkyl halides is 3. The number of hydrogen-bond donors (Lipinski definition) is 2. The van der Waals surface area contributed by atoms with Gasteiger partial charge in [0, 0.05) is 24.2 Å². The molecule has 0 heterocycles. The van der Waals surface area contributed by atoms with Crippen LogP contribution in [0.3, 0.4) is 0 Å². The normalized spacial score (nSPS) is 13.7. The van der Waals surface area contributed by atoms with E-state index in [0.717, 1.165) is 0 Å². The molecule has 0 amide bonds. The first-order valence-electron chi connectivity index (χ1n) is 4.89. The van der Waals surface area contributed by atoms with Gasteiger partial charge in [-0.25, -0.2) is 13.2 Å². The summed E-state index contributed by atoms with van der Waals surface area (Å²) in [4.78, 5) is 0. The average Bonchev–Trinajstić information content (AvgIpc) is 2.24. The van der Waals surface area contributed by atoms with Gasteiger partial charge in [-0.05, 0) is 6.07 Å². The van der Waals surface area contributed by atoms with Gasteiger partial charge in [0.1, 0.15) is 5.82 Å². The van der Waals surface area contributed by atoms with E-state index in [4.69, 9.17) is 5.73 Å². The molecule has 0 bridgehead atoms. The molecule has 0 aliphatic carbocycles. The largest absolute Gasteiger partial charge is 0.401 e. The van der Waals surface area contributed by atoms with E-state index in [2.05, 4.69) is 0 Å². The summed E-state index contributed by atoms with van der Waals surface area (Å²) < 4.78 is 74.8. The summed E-state index contributed by atoms with van der Waals surface area (Å²) in [7, 11) is 0. The summed E-state index contributed by atoms with van der Waals surface area (Å²) in [6, 6.07) is -0.490. The molecule has 18 heavy (non-hydrogen) atoms. The quantitative estimate of drug-likeness (QED) is 0.651. The van der Waals surface area contributed by atoms with Crippen molar-refractivity contribution in [2.45, 2.75) is 12.2 Å². The minimum absolute atomic E-state index is 0.266. The molecule has 0 aliphatic heterocycles. The topological polar surface area (TPSA) is 38.0 Å². The summed E-state index contributed by atoms with van der Waals surface area (Å²) >= 11 is 0. The van der Waals surface area contributed by atoms with Gasteiger partial charge in [-0.1, -0.05) is 0 Å². The second-order valence-corrected chi connectivity index (χ2v) is 3.57. The number of rotatable bonds is 4. The molecule has 1 aromatic carbocycles. The number of nitrogens with two attached hydrogens (primary N) is 1. The molecular formula is C10H10F6N2. The van der Waals surface area contributed by atoms with Crippen LogP contribution in [0.4, 0.5) is 26.3 Å². The first-order valence-corrected chi connectivity index (χ1v) is 4.89. The molecule has 0 saturated carbocycles. The van der Waals surface area contributed by atoms with E-state index in [-0.39, 0.29) is 6.07 Å². The van der Waals surface area contributed by atoms with Crippen LogP contribution in [0.15, 0.2) is 12.1 Å². The summed E-state index contributed by atoms with van der Waals surface area (Å²) in [5, 5.41) is 1.93. The van der Waals surface area contributed by atoms with Crippen LogP contribution in [0.2, 0.25) is 0 Å². The predicted molar refractivity (Wildman–Crippen MR) is 52.2 cm³/mol. The van der Waals surface area contributed by atoms with Crippen molar-refractivity contribution in [1.29, 1.82) is 0 Å². The van der Waals surface area contributed by atoms with Gasteiger partial charge >= 0.3 is 6.18 Å². The highest BCUT2D eigenvalue weighted by molar-refractivity contribution is 5.23. The average molecular weight is 272 g/mol. The van der Waals surface area contributed by atoms with Crippen LogP contribution in [-0.4, -0.2) is 19.3 Å². The molecule has 0 fully saturated rings. The van der Waals surface area contributed by atoms with Gasteiger partial charge in [-0.3, -0.25) is 0 Å². The van der Waals surface area contributed by atoms with Crippen molar-refractivity contribution < 1.29 is 26.3 Å². The summed E-state index contributed by atoms with van der Waals surface area (Å²) in [6.07, 6.45) is -4.51. The van der Waals surface area contributed by atoms with Crippen molar-refractivity contribution in [3.8, 4) is 0 Å². The second-order valence-electron chi connectivity index (χ2n) is 3.57. The van der Waals surface area contributed by atoms with E-state index in [0.29, 0.717) is 6.07 Å². The Bertz CT molecular complexity index is 418. The van der Waals surface area contributed by atoms with E-state index < -0.39 is 48.3 Å². The summed E-state index contributed by atoms with van der Waals surface area (Å²) in [5.74, 6) is -3.92. The number of benzene rings is 1. The van der Waals surface area contributed by atoms with Gasteiger partial charge in [0.2, 0.25) is 0 Å². The molecule has 0 aliphatic rings. The van der Waals surface area contributed by atoms with Gasteiger partial charge in [-0.15, -0.1) is 0 Å². The SMILES string of the molecule is NCC(NCC(F)(F)F)c1cc(F)c(F)cc1F. The molecule has 1 atom stereocenters. The second kappa shape index (κ2) is 5.57. The molecule has 2 nitrogen and oxygen atoms in total. The smallest absolute Gasteiger partial charge is 0.329 e. The van der Waals surface area contributed by atoms with Crippen LogP contribution < -0.4 is 11.1 Å². The highest BCUT2D eigenvalue weighted by atomic mass is 19.4. The van der Waals surface area contributed by atoms with Gasteiger partial charge in [0.25, 0.3) is 0 Å². The Morgan fingerprint density at radius 2 is 1.61 bits per heavy atom. The number of hydrogen-bond acceptors (Lipinski definition) is 2. The molecule has 0 spiro atoms. The van der Waals surface area contributed by atoms with Gasteiger partial charge in [0.15, 0.2) is 11.6 Å². The fraction of sp³-hybridized carbons (Fsp3) is 0.400. The zero-order chi connectivity index (χ0) is 13.9. The first kappa shape index (κ1) is 14.8. The third-order valence-electron chi connectivity index (χ3n) is 2.20. The minimum atomic E-state index is -4.51. The first-order chi connectivity index (χ1) is 8.24. The van der Waals surface area contributed by atoms with Gasteiger partial charge in [0.05, 0.1) is 6.54 Å². The summed E-state index contributed by atoms with van der Waals surface area (Å²) in [6.45, 7) is -1.80. The molecule has 1 unspecified atom stereocenters. The Morgan fingerprint density at radius 3 is 2.11 bits per heavy atom. The van der Waals surface area contributed by atoms with E-state index in [1.54, 1.807) is 0 Å². The van der Waals surface area contributed by atoms with Crippen LogP contribution in [0.5, 0.6) is 0 Å². The highest BCUT2D eigenvalue weighted by Gasteiger charge is 2.29. The lowest BCUT2D eigenvalue weighted by atomic mass is 10.1. The zero-order valence-electron chi connectivity index (χ0n) is 8.99. The van der Waals surface area contributed by atoms with Gasteiger partial charge < -0.3 is 11.1 Å². The third kappa shape index (κ3) is 3.88. The van der Waals surface area contributed by atoms with Crippen LogP contribution in [0.1, 0.15) is 11.6 Å². The van der Waals surface area contributed by atoms with Crippen molar-refractivity contribution in [2.24, 2.45) is 5.73 Å². The van der Waals surface area contributed by atoms with Crippen LogP contribution in [-0.2, 0) is 0 Å². The molecular weight excluding hydrogens is 262 g/mol. The highest BCUT2D eigenvalue weighted by Crippen LogP contribution is 2.21. The lowest BCUT2D eigenvalue weighted by Crippen LogP contribution is -2.36. The summed E-state index contributed by atoms with van der Waals surface area (Å²) in [5.41, 5.74) is 4.73. The molecule has 0 radical (unpaired) electrons. The van der Waals surface area contributed by atoms with E-state index in [1.165, 1.54) is 0 Å². The van der Waals surface area contributed by atoms with Crippen LogP contribution in [0.25, 0.3) is 0 Å². The lowest BCUT2D eigenvalue weighted by molar-refractivity contribution is -0.126. The number of nitrogens with one attached hydrogen (secondary N) is 1. The monoisotopic (exact) mass is 272 g/mol. The molecule has 1 aromatic rings. The maximum absolute atomic E-state index is 13.3. The predicted octanol–water partition coefficient (Wildman–Crippen LogP) is 2.26. The molecule has 102 valence electrons. The Balaban J connectivity index is 2.92. The molecule has 0 saturated heterocycles. The number of halogens is 6. The standard InChI is InChI=1S/C10H10F6N2/c11-6-2-8(13)7(12)1-5(6)9(3-17)18-4-10(14,15)16/h1-2,9,18H,3-4,17H2. The maximum atomic E-state index is 13.3. The van der Waals surface area contributed by atoms with Gasteiger partial charge in [-0.2, -0.15) is 13.2 Å². The lowest BCUT2D eigenvalue weighted by Gasteiger charge is -2.19. The van der Waals surface area contributed by atoms with Crippen LogP contribution in [0, 0.1) is 17.5 Å². The molecule has 0 aromatic heterocycles. The molecule has 3 N–H and O–H groups in total. The molecule has 1 rings (SSSR count). The third-order valence-corrected chi connectivity index (χ3v) is 2.20. The Morgan fingerprint density at radius 1 is 1.06 bits per heavy atom. The fourth-order valence-corrected chi connectivity index (χ4v) is 1.36. The molecule has 8 heteroatoms. The van der Waals surface area contributed by atoms with Crippen molar-refractivity contribution in [2.75, 3.05) is 13.1 Å². The van der Waals surface area contributed by atoms with Crippen molar-refractivity contribution in [3.05, 3.63) is 35.1 Å². The van der Waals surface area contributed by atoms with Crippen molar-refractivity contribution in [1.82, 2.24) is 5.32 Å². The van der Waals surface area contributed by atoms with E-state index >= 15 is 0 Å². The zero-order valence-corrected chi connectivity index (χ0v) is 8.99. The van der Waals surface area contributed by atoms with E-state index in [1.807, 2.05) is 5.32 Å². The Kier molecular flexibility index (Phi) is 4.58. The van der Waals surface area contributed by atoms with Crippen LogP contribution >= 0.6 is 0 Å². The van der Waals surface area contributed by atoms with Crippen molar-refractivity contribution in [3.63, 3.8) is 0 Å². The van der Waals surface area contributed by atoms with Crippen molar-refractivity contribution >= 4 is 0 Å². The Hall–Kier alpha value is -1.28. The minimum Gasteiger partial charge on any atom is -0.329 e.